The van der Waals surface area contributed by atoms with E-state index in [1.807, 2.05) is 6.92 Å². The molecule has 1 aliphatic heterocycles. The molecule has 3 nitrogen and oxygen atoms in total. The third-order valence-corrected chi connectivity index (χ3v) is 4.36. The fraction of sp³-hybridized carbons (Fsp3) is 0.727. The molecule has 0 aliphatic carbocycles. The van der Waals surface area contributed by atoms with Crippen molar-refractivity contribution in [1.82, 2.24) is 4.98 Å². The second-order valence-corrected chi connectivity index (χ2v) is 5.32. The number of anilines is 1. The molecule has 15 heavy (non-hydrogen) atoms. The first-order valence-corrected chi connectivity index (χ1v) is 6.33. The summed E-state index contributed by atoms with van der Waals surface area (Å²) in [6.45, 7) is 7.12. The quantitative estimate of drug-likeness (QED) is 0.841. The number of thiazole rings is 1. The van der Waals surface area contributed by atoms with Crippen LogP contribution in [0.5, 0.6) is 0 Å². The van der Waals surface area contributed by atoms with E-state index in [9.17, 15) is 5.11 Å². The van der Waals surface area contributed by atoms with Gasteiger partial charge in [0.2, 0.25) is 0 Å². The van der Waals surface area contributed by atoms with Crippen LogP contribution >= 0.6 is 11.3 Å². The van der Waals surface area contributed by atoms with Gasteiger partial charge in [0.05, 0.1) is 16.7 Å². The van der Waals surface area contributed by atoms with Gasteiger partial charge in [-0.2, -0.15) is 0 Å². The van der Waals surface area contributed by atoms with Crippen LogP contribution in [0.1, 0.15) is 43.4 Å². The van der Waals surface area contributed by atoms with E-state index in [-0.39, 0.29) is 0 Å². The third kappa shape index (κ3) is 2.01. The summed E-state index contributed by atoms with van der Waals surface area (Å²) in [6, 6.07) is 0.595. The zero-order valence-electron chi connectivity index (χ0n) is 9.53. The molecule has 0 spiro atoms. The lowest BCUT2D eigenvalue weighted by molar-refractivity contribution is 0.202. The van der Waals surface area contributed by atoms with Gasteiger partial charge in [-0.25, -0.2) is 4.98 Å². The number of rotatable bonds is 2. The minimum Gasteiger partial charge on any atom is -0.388 e. The first kappa shape index (κ1) is 10.9. The van der Waals surface area contributed by atoms with Gasteiger partial charge in [-0.05, 0) is 33.6 Å². The Balaban J connectivity index is 2.25. The van der Waals surface area contributed by atoms with E-state index in [4.69, 9.17) is 0 Å². The van der Waals surface area contributed by atoms with Crippen LogP contribution in [0.4, 0.5) is 5.13 Å². The highest BCUT2D eigenvalue weighted by atomic mass is 32.1. The smallest absolute Gasteiger partial charge is 0.186 e. The van der Waals surface area contributed by atoms with E-state index < -0.39 is 6.10 Å². The first-order chi connectivity index (χ1) is 7.09. The van der Waals surface area contributed by atoms with E-state index in [2.05, 4.69) is 16.8 Å². The molecule has 2 rings (SSSR count). The van der Waals surface area contributed by atoms with Crippen LogP contribution in [0, 0.1) is 6.92 Å². The van der Waals surface area contributed by atoms with Gasteiger partial charge in [0, 0.05) is 12.6 Å². The Hall–Kier alpha value is -0.610. The van der Waals surface area contributed by atoms with E-state index in [1.54, 1.807) is 18.3 Å². The monoisotopic (exact) mass is 226 g/mol. The van der Waals surface area contributed by atoms with Crippen molar-refractivity contribution in [3.63, 3.8) is 0 Å². The number of hydrogen-bond donors (Lipinski definition) is 1. The van der Waals surface area contributed by atoms with Gasteiger partial charge in [0.15, 0.2) is 5.13 Å². The molecule has 2 unspecified atom stereocenters. The number of aliphatic hydroxyl groups is 1. The molecule has 1 N–H and O–H groups in total. The molecule has 0 saturated carbocycles. The van der Waals surface area contributed by atoms with Crippen LogP contribution in [-0.2, 0) is 0 Å². The molecule has 0 aromatic carbocycles. The summed E-state index contributed by atoms with van der Waals surface area (Å²) in [6.07, 6.45) is 2.11. The SMILES string of the molecule is Cc1nc(N2CCCC2C)sc1C(C)O. The van der Waals surface area contributed by atoms with Crippen molar-refractivity contribution in [1.29, 1.82) is 0 Å². The summed E-state index contributed by atoms with van der Waals surface area (Å²) in [5.41, 5.74) is 0.976. The number of hydrogen-bond acceptors (Lipinski definition) is 4. The summed E-state index contributed by atoms with van der Waals surface area (Å²) in [5, 5.41) is 10.7. The Kier molecular flexibility index (Phi) is 2.98. The van der Waals surface area contributed by atoms with E-state index >= 15 is 0 Å². The molecule has 84 valence electrons. The predicted octanol–water partition coefficient (Wildman–Crippen LogP) is 2.49. The lowest BCUT2D eigenvalue weighted by Crippen LogP contribution is -2.25. The van der Waals surface area contributed by atoms with E-state index in [1.165, 1.54) is 12.8 Å². The normalized spacial score (nSPS) is 23.5. The predicted molar refractivity (Wildman–Crippen MR) is 63.5 cm³/mol. The van der Waals surface area contributed by atoms with Gasteiger partial charge in [-0.15, -0.1) is 0 Å². The highest BCUT2D eigenvalue weighted by Gasteiger charge is 2.24. The Labute approximate surface area is 94.8 Å². The molecule has 0 bridgehead atoms. The Morgan fingerprint density at radius 1 is 1.60 bits per heavy atom. The van der Waals surface area contributed by atoms with Crippen molar-refractivity contribution in [3.05, 3.63) is 10.6 Å². The van der Waals surface area contributed by atoms with Crippen LogP contribution in [0.25, 0.3) is 0 Å². The van der Waals surface area contributed by atoms with Crippen molar-refractivity contribution in [2.45, 2.75) is 45.8 Å². The Bertz CT molecular complexity index is 348. The molecule has 1 aromatic heterocycles. The molecule has 0 amide bonds. The van der Waals surface area contributed by atoms with Crippen molar-refractivity contribution < 1.29 is 5.11 Å². The average Bonchev–Trinajstić information content (AvgIpc) is 2.71. The fourth-order valence-corrected chi connectivity index (χ4v) is 3.25. The highest BCUT2D eigenvalue weighted by molar-refractivity contribution is 7.15. The van der Waals surface area contributed by atoms with Crippen molar-refractivity contribution >= 4 is 16.5 Å². The fourth-order valence-electron chi connectivity index (χ4n) is 2.12. The van der Waals surface area contributed by atoms with Crippen molar-refractivity contribution in [2.75, 3.05) is 11.4 Å². The molecule has 1 fully saturated rings. The molecule has 1 aliphatic rings. The summed E-state index contributed by atoms with van der Waals surface area (Å²) < 4.78 is 0. The molecule has 1 saturated heterocycles. The standard InChI is InChI=1S/C11H18N2OS/c1-7-5-4-6-13(7)11-12-8(2)10(15-11)9(3)14/h7,9,14H,4-6H2,1-3H3. The molecule has 4 heteroatoms. The summed E-state index contributed by atoms with van der Waals surface area (Å²) in [4.78, 5) is 7.90. The van der Waals surface area contributed by atoms with Crippen LogP contribution < -0.4 is 4.90 Å². The third-order valence-electron chi connectivity index (χ3n) is 3.00. The van der Waals surface area contributed by atoms with Gasteiger partial charge in [0.1, 0.15) is 0 Å². The summed E-state index contributed by atoms with van der Waals surface area (Å²) in [5.74, 6) is 0. The lowest BCUT2D eigenvalue weighted by atomic mass is 10.2. The minimum atomic E-state index is -0.394. The van der Waals surface area contributed by atoms with Crippen LogP contribution in [0.15, 0.2) is 0 Å². The van der Waals surface area contributed by atoms with E-state index in [0.717, 1.165) is 22.2 Å². The molecule has 2 heterocycles. The molecular weight excluding hydrogens is 208 g/mol. The number of aromatic nitrogens is 1. The van der Waals surface area contributed by atoms with Crippen LogP contribution in [-0.4, -0.2) is 22.7 Å². The number of aliphatic hydroxyl groups excluding tert-OH is 1. The van der Waals surface area contributed by atoms with E-state index in [0.29, 0.717) is 6.04 Å². The molecule has 1 aromatic rings. The maximum Gasteiger partial charge on any atom is 0.186 e. The van der Waals surface area contributed by atoms with Gasteiger partial charge in [-0.3, -0.25) is 0 Å². The number of aryl methyl sites for hydroxylation is 1. The molecular formula is C11H18N2OS. The van der Waals surface area contributed by atoms with Crippen LogP contribution in [0.3, 0.4) is 0 Å². The van der Waals surface area contributed by atoms with Gasteiger partial charge < -0.3 is 10.0 Å². The van der Waals surface area contributed by atoms with Gasteiger partial charge in [0.25, 0.3) is 0 Å². The van der Waals surface area contributed by atoms with Gasteiger partial charge in [-0.1, -0.05) is 11.3 Å². The topological polar surface area (TPSA) is 36.4 Å². The average molecular weight is 226 g/mol. The minimum absolute atomic E-state index is 0.394. The second kappa shape index (κ2) is 4.10. The first-order valence-electron chi connectivity index (χ1n) is 5.51. The van der Waals surface area contributed by atoms with Crippen LogP contribution in [0.2, 0.25) is 0 Å². The Morgan fingerprint density at radius 2 is 2.33 bits per heavy atom. The molecule has 2 atom stereocenters. The zero-order valence-corrected chi connectivity index (χ0v) is 10.3. The maximum atomic E-state index is 9.58. The Morgan fingerprint density at radius 3 is 2.80 bits per heavy atom. The molecule has 0 radical (unpaired) electrons. The van der Waals surface area contributed by atoms with Crippen molar-refractivity contribution in [2.24, 2.45) is 0 Å². The zero-order chi connectivity index (χ0) is 11.0. The second-order valence-electron chi connectivity index (χ2n) is 4.31. The maximum absolute atomic E-state index is 9.58. The highest BCUT2D eigenvalue weighted by Crippen LogP contribution is 2.34. The van der Waals surface area contributed by atoms with Crippen molar-refractivity contribution in [3.8, 4) is 0 Å². The van der Waals surface area contributed by atoms with Gasteiger partial charge >= 0.3 is 0 Å². The largest absolute Gasteiger partial charge is 0.388 e. The summed E-state index contributed by atoms with van der Waals surface area (Å²) >= 11 is 1.63. The lowest BCUT2D eigenvalue weighted by Gasteiger charge is -2.19. The number of nitrogens with zero attached hydrogens (tertiary/aromatic N) is 2. The summed E-state index contributed by atoms with van der Waals surface area (Å²) in [7, 11) is 0.